The number of hydrogen-bond acceptors (Lipinski definition) is 4. The van der Waals surface area contributed by atoms with Crippen LogP contribution in [0.1, 0.15) is 31.9 Å². The van der Waals surface area contributed by atoms with Crippen LogP contribution < -0.4 is 9.62 Å². The van der Waals surface area contributed by atoms with E-state index in [0.717, 1.165) is 34.1 Å². The Morgan fingerprint density at radius 1 is 0.974 bits per heavy atom. The molecule has 0 radical (unpaired) electrons. The first-order chi connectivity index (χ1) is 18.4. The number of rotatable bonds is 11. The number of carbonyl (C=O) groups excluding carboxylic acids is 2. The first-order valence-electron chi connectivity index (χ1n) is 12.5. The lowest BCUT2D eigenvalue weighted by Crippen LogP contribution is -2.51. The van der Waals surface area contributed by atoms with Crippen molar-refractivity contribution < 1.29 is 22.4 Å². The van der Waals surface area contributed by atoms with Gasteiger partial charge in [0.15, 0.2) is 0 Å². The van der Waals surface area contributed by atoms with E-state index in [2.05, 4.69) is 5.32 Å². The van der Waals surface area contributed by atoms with Gasteiger partial charge in [0.1, 0.15) is 18.4 Å². The van der Waals surface area contributed by atoms with Crippen molar-refractivity contribution in [2.75, 3.05) is 17.4 Å². The second kappa shape index (κ2) is 13.1. The molecule has 0 heterocycles. The summed E-state index contributed by atoms with van der Waals surface area (Å²) in [5, 5.41) is 3.31. The number of halogens is 2. The van der Waals surface area contributed by atoms with E-state index in [4.69, 9.17) is 11.6 Å². The van der Waals surface area contributed by atoms with Gasteiger partial charge in [0.25, 0.3) is 10.0 Å². The highest BCUT2D eigenvalue weighted by Gasteiger charge is 2.32. The van der Waals surface area contributed by atoms with E-state index < -0.39 is 34.3 Å². The number of benzene rings is 3. The van der Waals surface area contributed by atoms with Crippen LogP contribution in [0.15, 0.2) is 77.7 Å². The molecule has 39 heavy (non-hydrogen) atoms. The van der Waals surface area contributed by atoms with Crippen LogP contribution >= 0.6 is 11.6 Å². The zero-order valence-electron chi connectivity index (χ0n) is 22.4. The Labute approximate surface area is 234 Å². The second-order valence-corrected chi connectivity index (χ2v) is 12.1. The lowest BCUT2D eigenvalue weighted by molar-refractivity contribution is -0.139. The molecule has 2 amide bonds. The first kappa shape index (κ1) is 30.1. The summed E-state index contributed by atoms with van der Waals surface area (Å²) in [5.74, 6) is -1.33. The topological polar surface area (TPSA) is 86.8 Å². The molecule has 0 fully saturated rings. The molecule has 3 rings (SSSR count). The predicted molar refractivity (Wildman–Crippen MR) is 151 cm³/mol. The van der Waals surface area contributed by atoms with Gasteiger partial charge < -0.3 is 10.2 Å². The van der Waals surface area contributed by atoms with Crippen molar-refractivity contribution in [1.29, 1.82) is 0 Å². The molecule has 0 aliphatic heterocycles. The summed E-state index contributed by atoms with van der Waals surface area (Å²) >= 11 is 6.15. The van der Waals surface area contributed by atoms with Crippen LogP contribution in [0.3, 0.4) is 0 Å². The van der Waals surface area contributed by atoms with E-state index in [0.29, 0.717) is 17.1 Å². The zero-order chi connectivity index (χ0) is 28.7. The minimum Gasteiger partial charge on any atom is -0.354 e. The molecule has 3 aromatic carbocycles. The number of nitrogens with one attached hydrogen (secondary N) is 1. The van der Waals surface area contributed by atoms with Gasteiger partial charge in [-0.1, -0.05) is 55.3 Å². The van der Waals surface area contributed by atoms with Gasteiger partial charge in [-0.3, -0.25) is 13.9 Å². The Kier molecular flexibility index (Phi) is 10.1. The summed E-state index contributed by atoms with van der Waals surface area (Å²) in [7, 11) is -4.26. The van der Waals surface area contributed by atoms with Gasteiger partial charge in [0.2, 0.25) is 11.8 Å². The molecule has 0 spiro atoms. The molecule has 10 heteroatoms. The molecule has 0 unspecified atom stereocenters. The van der Waals surface area contributed by atoms with Crippen LogP contribution in [0.2, 0.25) is 5.02 Å². The molecule has 0 bridgehead atoms. The number of sulfonamides is 1. The second-order valence-electron chi connectivity index (χ2n) is 9.77. The van der Waals surface area contributed by atoms with Gasteiger partial charge in [-0.05, 0) is 73.9 Å². The molecule has 0 aromatic heterocycles. The molecule has 3 aromatic rings. The highest BCUT2D eigenvalue weighted by Crippen LogP contribution is 2.25. The smallest absolute Gasteiger partial charge is 0.264 e. The molecule has 1 N–H and O–H groups in total. The number of carbonyl (C=O) groups is 2. The average Bonchev–Trinajstić information content (AvgIpc) is 2.89. The van der Waals surface area contributed by atoms with E-state index in [1.807, 2.05) is 20.8 Å². The molecule has 1 atom stereocenters. The van der Waals surface area contributed by atoms with E-state index in [1.165, 1.54) is 4.90 Å². The predicted octanol–water partition coefficient (Wildman–Crippen LogP) is 5.17. The van der Waals surface area contributed by atoms with Gasteiger partial charge in [0, 0.05) is 18.1 Å². The van der Waals surface area contributed by atoms with Crippen LogP contribution in [0.25, 0.3) is 0 Å². The minimum atomic E-state index is -4.26. The number of anilines is 1. The first-order valence-corrected chi connectivity index (χ1v) is 14.4. The highest BCUT2D eigenvalue weighted by molar-refractivity contribution is 7.92. The van der Waals surface area contributed by atoms with Gasteiger partial charge in [-0.15, -0.1) is 0 Å². The SMILES string of the molecule is Cc1ccc(N(CC(=O)N(Cc2cccc(Cl)c2)[C@H](C)C(=O)NCC(C)C)S(=O)(=O)c2ccc(F)cc2)cc1. The van der Waals surface area contributed by atoms with Crippen molar-refractivity contribution in [1.82, 2.24) is 10.2 Å². The Morgan fingerprint density at radius 3 is 2.21 bits per heavy atom. The number of aryl methyl sites for hydroxylation is 1. The Balaban J connectivity index is 2.01. The molecule has 7 nitrogen and oxygen atoms in total. The third kappa shape index (κ3) is 8.03. The van der Waals surface area contributed by atoms with Gasteiger partial charge >= 0.3 is 0 Å². The van der Waals surface area contributed by atoms with Crippen LogP contribution in [0, 0.1) is 18.7 Å². The molecular weight excluding hydrogens is 541 g/mol. The quantitative estimate of drug-likeness (QED) is 0.343. The van der Waals surface area contributed by atoms with Crippen molar-refractivity contribution in [3.63, 3.8) is 0 Å². The van der Waals surface area contributed by atoms with Gasteiger partial charge in [-0.25, -0.2) is 12.8 Å². The molecule has 208 valence electrons. The van der Waals surface area contributed by atoms with Crippen LogP contribution in [0.4, 0.5) is 10.1 Å². The van der Waals surface area contributed by atoms with Gasteiger partial charge in [-0.2, -0.15) is 0 Å². The third-order valence-electron chi connectivity index (χ3n) is 6.10. The summed E-state index contributed by atoms with van der Waals surface area (Å²) in [6.45, 7) is 7.26. The minimum absolute atomic E-state index is 0.0357. The third-order valence-corrected chi connectivity index (χ3v) is 8.12. The number of nitrogens with zero attached hydrogens (tertiary/aromatic N) is 2. The Morgan fingerprint density at radius 2 is 1.62 bits per heavy atom. The molecule has 0 aliphatic rings. The zero-order valence-corrected chi connectivity index (χ0v) is 24.0. The number of hydrogen-bond donors (Lipinski definition) is 1. The number of amides is 2. The molecular formula is C29H33ClFN3O4S. The van der Waals surface area contributed by atoms with Crippen LogP contribution in [-0.4, -0.2) is 44.3 Å². The van der Waals surface area contributed by atoms with E-state index in [-0.39, 0.29) is 29.0 Å². The van der Waals surface area contributed by atoms with E-state index in [1.54, 1.807) is 55.5 Å². The van der Waals surface area contributed by atoms with Crippen molar-refractivity contribution in [2.45, 2.75) is 45.2 Å². The monoisotopic (exact) mass is 573 g/mol. The van der Waals surface area contributed by atoms with Crippen molar-refractivity contribution in [2.24, 2.45) is 5.92 Å². The van der Waals surface area contributed by atoms with E-state index >= 15 is 0 Å². The molecule has 0 aliphatic carbocycles. The summed E-state index contributed by atoms with van der Waals surface area (Å²) in [5.41, 5.74) is 1.85. The fourth-order valence-electron chi connectivity index (χ4n) is 3.84. The summed E-state index contributed by atoms with van der Waals surface area (Å²) < 4.78 is 41.9. The largest absolute Gasteiger partial charge is 0.354 e. The Hall–Kier alpha value is -3.43. The maximum atomic E-state index is 13.8. The van der Waals surface area contributed by atoms with Crippen LogP contribution in [-0.2, 0) is 26.2 Å². The van der Waals surface area contributed by atoms with Gasteiger partial charge in [0.05, 0.1) is 10.6 Å². The van der Waals surface area contributed by atoms with Crippen molar-refractivity contribution in [3.05, 3.63) is 94.8 Å². The summed E-state index contributed by atoms with van der Waals surface area (Å²) in [6, 6.07) is 17.1. The molecule has 0 saturated heterocycles. The Bertz CT molecular complexity index is 1400. The van der Waals surface area contributed by atoms with Crippen molar-refractivity contribution >= 4 is 39.1 Å². The average molecular weight is 574 g/mol. The standard InChI is InChI=1S/C29H33ClFN3O4S/c1-20(2)17-32-29(36)22(4)33(18-23-6-5-7-24(30)16-23)28(35)19-34(26-12-8-21(3)9-13-26)39(37,38)27-14-10-25(31)11-15-27/h5-16,20,22H,17-19H2,1-4H3,(H,32,36)/t22-/m1/s1. The maximum absolute atomic E-state index is 13.8. The summed E-state index contributed by atoms with van der Waals surface area (Å²) in [4.78, 5) is 28.0. The molecule has 0 saturated carbocycles. The normalized spacial score (nSPS) is 12.2. The summed E-state index contributed by atoms with van der Waals surface area (Å²) in [6.07, 6.45) is 0. The van der Waals surface area contributed by atoms with Crippen LogP contribution in [0.5, 0.6) is 0 Å². The lowest BCUT2D eigenvalue weighted by atomic mass is 10.1. The van der Waals surface area contributed by atoms with Crippen molar-refractivity contribution in [3.8, 4) is 0 Å². The highest BCUT2D eigenvalue weighted by atomic mass is 35.5. The lowest BCUT2D eigenvalue weighted by Gasteiger charge is -2.32. The maximum Gasteiger partial charge on any atom is 0.264 e. The fraction of sp³-hybridized carbons (Fsp3) is 0.310. The fourth-order valence-corrected chi connectivity index (χ4v) is 5.47. The van der Waals surface area contributed by atoms with E-state index in [9.17, 15) is 22.4 Å².